The third-order valence-corrected chi connectivity index (χ3v) is 6.09. The van der Waals surface area contributed by atoms with Gasteiger partial charge in [-0.25, -0.2) is 0 Å². The van der Waals surface area contributed by atoms with Crippen molar-refractivity contribution >= 4 is 0 Å². The molecule has 2 nitrogen and oxygen atoms in total. The second kappa shape index (κ2) is 4.49. The molecule has 0 amide bonds. The lowest BCUT2D eigenvalue weighted by molar-refractivity contribution is 0.108. The molecule has 3 unspecified atom stereocenters. The van der Waals surface area contributed by atoms with Crippen LogP contribution in [0.4, 0.5) is 0 Å². The van der Waals surface area contributed by atoms with Crippen molar-refractivity contribution in [2.45, 2.75) is 59.5 Å². The van der Waals surface area contributed by atoms with Gasteiger partial charge in [-0.1, -0.05) is 39.0 Å². The van der Waals surface area contributed by atoms with Gasteiger partial charge in [-0.2, -0.15) is 0 Å². The predicted molar refractivity (Wildman–Crippen MR) is 82.7 cm³/mol. The number of phenolic OH excluding ortho intramolecular Hbond substituents is 1. The van der Waals surface area contributed by atoms with Crippen molar-refractivity contribution in [2.24, 2.45) is 16.7 Å². The fourth-order valence-electron chi connectivity index (χ4n) is 4.89. The first-order valence-electron chi connectivity index (χ1n) is 7.85. The molecular formula is C18H27NO. The highest BCUT2D eigenvalue weighted by atomic mass is 16.3. The van der Waals surface area contributed by atoms with Crippen molar-refractivity contribution in [3.8, 4) is 5.75 Å². The van der Waals surface area contributed by atoms with Gasteiger partial charge in [-0.15, -0.1) is 0 Å². The Balaban J connectivity index is 1.77. The number of aromatic hydroxyl groups is 1. The highest BCUT2D eigenvalue weighted by Gasteiger charge is 2.58. The summed E-state index contributed by atoms with van der Waals surface area (Å²) < 4.78 is 0. The van der Waals surface area contributed by atoms with E-state index in [1.165, 1.54) is 19.3 Å². The normalized spacial score (nSPS) is 34.6. The number of nitrogens with one attached hydrogen (secondary N) is 1. The van der Waals surface area contributed by atoms with Gasteiger partial charge in [0.25, 0.3) is 0 Å². The van der Waals surface area contributed by atoms with Crippen LogP contribution in [0.1, 0.15) is 51.2 Å². The Morgan fingerprint density at radius 3 is 2.70 bits per heavy atom. The Labute approximate surface area is 122 Å². The van der Waals surface area contributed by atoms with E-state index in [9.17, 15) is 5.11 Å². The number of phenols is 1. The number of aryl methyl sites for hydroxylation is 1. The van der Waals surface area contributed by atoms with Gasteiger partial charge in [0.1, 0.15) is 5.75 Å². The fraction of sp³-hybridized carbons (Fsp3) is 0.667. The van der Waals surface area contributed by atoms with Gasteiger partial charge >= 0.3 is 0 Å². The third-order valence-electron chi connectivity index (χ3n) is 6.09. The average molecular weight is 273 g/mol. The van der Waals surface area contributed by atoms with Gasteiger partial charge < -0.3 is 10.4 Å². The summed E-state index contributed by atoms with van der Waals surface area (Å²) in [5.74, 6) is 1.31. The van der Waals surface area contributed by atoms with E-state index < -0.39 is 0 Å². The summed E-state index contributed by atoms with van der Waals surface area (Å²) in [6, 6.07) is 6.56. The summed E-state index contributed by atoms with van der Waals surface area (Å²) in [6.45, 7) is 9.99. The first-order valence-corrected chi connectivity index (χ1v) is 7.85. The first-order chi connectivity index (χ1) is 9.34. The van der Waals surface area contributed by atoms with Gasteiger partial charge in [0.05, 0.1) is 0 Å². The van der Waals surface area contributed by atoms with Crippen LogP contribution in [0.15, 0.2) is 18.2 Å². The summed E-state index contributed by atoms with van der Waals surface area (Å²) in [6.07, 6.45) is 4.09. The molecule has 2 aliphatic rings. The van der Waals surface area contributed by atoms with Crippen molar-refractivity contribution in [1.29, 1.82) is 0 Å². The quantitative estimate of drug-likeness (QED) is 0.872. The number of para-hydroxylation sites is 1. The van der Waals surface area contributed by atoms with E-state index in [0.717, 1.165) is 23.6 Å². The topological polar surface area (TPSA) is 32.3 Å². The first kappa shape index (κ1) is 13.9. The van der Waals surface area contributed by atoms with E-state index in [0.29, 0.717) is 22.6 Å². The minimum atomic E-state index is 0.368. The number of benzene rings is 1. The number of rotatable bonds is 3. The van der Waals surface area contributed by atoms with Crippen LogP contribution in [0.2, 0.25) is 0 Å². The van der Waals surface area contributed by atoms with Gasteiger partial charge in [-0.3, -0.25) is 0 Å². The van der Waals surface area contributed by atoms with Crippen LogP contribution in [0, 0.1) is 23.7 Å². The molecule has 2 aliphatic carbocycles. The molecule has 0 radical (unpaired) electrons. The third kappa shape index (κ3) is 1.96. The van der Waals surface area contributed by atoms with Crippen LogP contribution in [-0.2, 0) is 6.54 Å². The summed E-state index contributed by atoms with van der Waals surface area (Å²) in [4.78, 5) is 0. The summed E-state index contributed by atoms with van der Waals surface area (Å²) in [7, 11) is 0. The van der Waals surface area contributed by atoms with E-state index in [1.807, 2.05) is 25.1 Å². The van der Waals surface area contributed by atoms with Crippen molar-refractivity contribution in [2.75, 3.05) is 0 Å². The molecule has 2 bridgehead atoms. The van der Waals surface area contributed by atoms with Crippen LogP contribution >= 0.6 is 0 Å². The van der Waals surface area contributed by atoms with E-state index in [4.69, 9.17) is 0 Å². The molecule has 1 aromatic rings. The van der Waals surface area contributed by atoms with E-state index in [-0.39, 0.29) is 0 Å². The smallest absolute Gasteiger partial charge is 0.122 e. The molecule has 0 aliphatic heterocycles. The van der Waals surface area contributed by atoms with Crippen LogP contribution in [0.5, 0.6) is 5.75 Å². The molecule has 0 heterocycles. The molecule has 2 fully saturated rings. The number of fused-ring (bicyclic) bond motifs is 2. The molecule has 3 rings (SSSR count). The van der Waals surface area contributed by atoms with Crippen molar-refractivity contribution in [3.63, 3.8) is 0 Å². The molecule has 3 atom stereocenters. The summed E-state index contributed by atoms with van der Waals surface area (Å²) >= 11 is 0. The molecule has 0 spiro atoms. The lowest BCUT2D eigenvalue weighted by Crippen LogP contribution is -2.49. The van der Waals surface area contributed by atoms with E-state index in [2.05, 4.69) is 26.1 Å². The summed E-state index contributed by atoms with van der Waals surface area (Å²) in [5.41, 5.74) is 2.79. The largest absolute Gasteiger partial charge is 0.507 e. The van der Waals surface area contributed by atoms with Gasteiger partial charge in [0.2, 0.25) is 0 Å². The van der Waals surface area contributed by atoms with Crippen LogP contribution in [-0.4, -0.2) is 11.1 Å². The Bertz CT molecular complexity index is 517. The molecule has 0 saturated heterocycles. The summed E-state index contributed by atoms with van der Waals surface area (Å²) in [5, 5.41) is 13.9. The Kier molecular flexibility index (Phi) is 3.13. The Morgan fingerprint density at radius 2 is 2.05 bits per heavy atom. The minimum absolute atomic E-state index is 0.368. The standard InChI is InChI=1S/C18H27NO/c1-12-6-5-7-13(15(12)20)11-19-16-17(2,3)14-8-9-18(16,4)10-14/h5-7,14,16,19-20H,8-11H2,1-4H3. The second-order valence-corrected chi connectivity index (χ2v) is 7.81. The monoisotopic (exact) mass is 273 g/mol. The zero-order valence-corrected chi connectivity index (χ0v) is 13.2. The molecular weight excluding hydrogens is 246 g/mol. The van der Waals surface area contributed by atoms with E-state index in [1.54, 1.807) is 0 Å². The maximum Gasteiger partial charge on any atom is 0.122 e. The zero-order valence-electron chi connectivity index (χ0n) is 13.2. The van der Waals surface area contributed by atoms with Gasteiger partial charge in [0.15, 0.2) is 0 Å². The Hall–Kier alpha value is -1.02. The van der Waals surface area contributed by atoms with Crippen LogP contribution in [0.25, 0.3) is 0 Å². The maximum atomic E-state index is 10.2. The van der Waals surface area contributed by atoms with Crippen molar-refractivity contribution in [1.82, 2.24) is 5.32 Å². The van der Waals surface area contributed by atoms with Crippen molar-refractivity contribution in [3.05, 3.63) is 29.3 Å². The molecule has 2 N–H and O–H groups in total. The molecule has 1 aromatic carbocycles. The molecule has 0 aromatic heterocycles. The number of hydrogen-bond donors (Lipinski definition) is 2. The zero-order chi connectivity index (χ0) is 14.5. The van der Waals surface area contributed by atoms with Crippen LogP contribution < -0.4 is 5.32 Å². The lowest BCUT2D eigenvalue weighted by Gasteiger charge is -2.43. The van der Waals surface area contributed by atoms with Gasteiger partial charge in [0, 0.05) is 18.2 Å². The van der Waals surface area contributed by atoms with Crippen molar-refractivity contribution < 1.29 is 5.11 Å². The highest BCUT2D eigenvalue weighted by molar-refractivity contribution is 5.39. The molecule has 110 valence electrons. The fourth-order valence-corrected chi connectivity index (χ4v) is 4.89. The Morgan fingerprint density at radius 1 is 1.30 bits per heavy atom. The minimum Gasteiger partial charge on any atom is -0.507 e. The van der Waals surface area contributed by atoms with E-state index >= 15 is 0 Å². The van der Waals surface area contributed by atoms with Crippen LogP contribution in [0.3, 0.4) is 0 Å². The predicted octanol–water partition coefficient (Wildman–Crippen LogP) is 4.01. The molecule has 2 heteroatoms. The molecule has 20 heavy (non-hydrogen) atoms. The maximum absolute atomic E-state index is 10.2. The SMILES string of the molecule is Cc1cccc(CNC2C3(C)CCC(C3)C2(C)C)c1O. The van der Waals surface area contributed by atoms with Gasteiger partial charge in [-0.05, 0) is 48.5 Å². The molecule has 2 saturated carbocycles. The second-order valence-electron chi connectivity index (χ2n) is 7.81. The number of hydrogen-bond acceptors (Lipinski definition) is 2. The lowest BCUT2D eigenvalue weighted by atomic mass is 9.68. The average Bonchev–Trinajstić information content (AvgIpc) is 2.85. The highest BCUT2D eigenvalue weighted by Crippen LogP contribution is 2.62.